The fourth-order valence-electron chi connectivity index (χ4n) is 2.38. The Morgan fingerprint density at radius 1 is 1.33 bits per heavy atom. The van der Waals surface area contributed by atoms with Crippen molar-refractivity contribution in [3.05, 3.63) is 37.5 Å². The highest BCUT2D eigenvalue weighted by molar-refractivity contribution is 7.12. The zero-order chi connectivity index (χ0) is 12.4. The molecule has 0 amide bonds. The van der Waals surface area contributed by atoms with Crippen LogP contribution >= 0.6 is 22.7 Å². The SMILES string of the molecule is CCc1nc(CNCc2cc3c(s2)CCC3)cs1. The fraction of sp³-hybridized carbons (Fsp3) is 0.500. The maximum atomic E-state index is 4.57. The zero-order valence-electron chi connectivity index (χ0n) is 10.7. The van der Waals surface area contributed by atoms with Gasteiger partial charge in [-0.3, -0.25) is 0 Å². The lowest BCUT2D eigenvalue weighted by atomic mass is 10.2. The maximum Gasteiger partial charge on any atom is 0.0926 e. The summed E-state index contributed by atoms with van der Waals surface area (Å²) in [6, 6.07) is 2.39. The van der Waals surface area contributed by atoms with Crippen molar-refractivity contribution in [2.24, 2.45) is 0 Å². The molecule has 4 heteroatoms. The van der Waals surface area contributed by atoms with Crippen molar-refractivity contribution >= 4 is 22.7 Å². The molecule has 1 aliphatic carbocycles. The lowest BCUT2D eigenvalue weighted by Gasteiger charge is -2.00. The average Bonchev–Trinajstić information content (AvgIpc) is 3.03. The molecule has 0 aliphatic heterocycles. The number of thiophene rings is 1. The Bertz CT molecular complexity index is 506. The smallest absolute Gasteiger partial charge is 0.0926 e. The normalized spacial score (nSPS) is 14.1. The molecule has 2 nitrogen and oxygen atoms in total. The number of aromatic nitrogens is 1. The Kier molecular flexibility index (Phi) is 3.77. The lowest BCUT2D eigenvalue weighted by molar-refractivity contribution is 0.687. The van der Waals surface area contributed by atoms with E-state index in [2.05, 4.69) is 28.7 Å². The number of nitrogens with zero attached hydrogens (tertiary/aromatic N) is 1. The molecular formula is C14H18N2S2. The molecule has 0 saturated carbocycles. The second kappa shape index (κ2) is 5.51. The zero-order valence-corrected chi connectivity index (χ0v) is 12.3. The van der Waals surface area contributed by atoms with E-state index in [-0.39, 0.29) is 0 Å². The first-order valence-electron chi connectivity index (χ1n) is 6.59. The molecule has 0 radical (unpaired) electrons. The van der Waals surface area contributed by atoms with Crippen LogP contribution in [0.5, 0.6) is 0 Å². The largest absolute Gasteiger partial charge is 0.306 e. The Labute approximate surface area is 116 Å². The monoisotopic (exact) mass is 278 g/mol. The number of fused-ring (bicyclic) bond motifs is 1. The van der Waals surface area contributed by atoms with E-state index in [1.165, 1.54) is 34.8 Å². The Balaban J connectivity index is 1.51. The summed E-state index contributed by atoms with van der Waals surface area (Å²) in [6.07, 6.45) is 4.99. The molecule has 2 aromatic rings. The Hall–Kier alpha value is -0.710. The van der Waals surface area contributed by atoms with E-state index in [1.54, 1.807) is 21.8 Å². The van der Waals surface area contributed by atoms with Crippen LogP contribution in [0.3, 0.4) is 0 Å². The van der Waals surface area contributed by atoms with Gasteiger partial charge in [0, 0.05) is 28.2 Å². The Morgan fingerprint density at radius 2 is 2.28 bits per heavy atom. The van der Waals surface area contributed by atoms with Crippen molar-refractivity contribution in [3.8, 4) is 0 Å². The third kappa shape index (κ3) is 2.66. The molecule has 0 fully saturated rings. The summed E-state index contributed by atoms with van der Waals surface area (Å²) < 4.78 is 0. The standard InChI is InChI=1S/C14H18N2S2/c1-2-14-16-11(9-17-14)7-15-8-12-6-10-4-3-5-13(10)18-12/h6,9,15H,2-5,7-8H2,1H3. The van der Waals surface area contributed by atoms with Gasteiger partial charge in [-0.05, 0) is 37.3 Å². The Morgan fingerprint density at radius 3 is 3.06 bits per heavy atom. The molecule has 96 valence electrons. The van der Waals surface area contributed by atoms with E-state index in [0.29, 0.717) is 0 Å². The minimum absolute atomic E-state index is 0.888. The number of thiazole rings is 1. The van der Waals surface area contributed by atoms with E-state index in [9.17, 15) is 0 Å². The molecule has 0 unspecified atom stereocenters. The molecule has 0 aromatic carbocycles. The van der Waals surface area contributed by atoms with Gasteiger partial charge in [0.05, 0.1) is 10.7 Å². The van der Waals surface area contributed by atoms with E-state index < -0.39 is 0 Å². The van der Waals surface area contributed by atoms with Crippen LogP contribution in [0.25, 0.3) is 0 Å². The van der Waals surface area contributed by atoms with E-state index in [0.717, 1.165) is 19.5 Å². The summed E-state index contributed by atoms with van der Waals surface area (Å²) >= 11 is 3.75. The molecule has 1 aliphatic rings. The van der Waals surface area contributed by atoms with Crippen LogP contribution in [0, 0.1) is 0 Å². The molecule has 1 N–H and O–H groups in total. The van der Waals surface area contributed by atoms with Crippen LogP contribution in [-0.2, 0) is 32.4 Å². The predicted octanol–water partition coefficient (Wildman–Crippen LogP) is 3.55. The van der Waals surface area contributed by atoms with Crippen molar-refractivity contribution < 1.29 is 0 Å². The molecule has 0 saturated heterocycles. The molecule has 0 atom stereocenters. The van der Waals surface area contributed by atoms with Gasteiger partial charge in [-0.15, -0.1) is 22.7 Å². The predicted molar refractivity (Wildman–Crippen MR) is 78.4 cm³/mol. The van der Waals surface area contributed by atoms with Gasteiger partial charge in [-0.25, -0.2) is 4.98 Å². The van der Waals surface area contributed by atoms with Crippen molar-refractivity contribution in [2.45, 2.75) is 45.7 Å². The first kappa shape index (κ1) is 12.3. The summed E-state index contributed by atoms with van der Waals surface area (Å²) in [5.74, 6) is 0. The maximum absolute atomic E-state index is 4.57. The number of hydrogen-bond acceptors (Lipinski definition) is 4. The van der Waals surface area contributed by atoms with Crippen LogP contribution in [0.15, 0.2) is 11.4 Å². The van der Waals surface area contributed by atoms with Gasteiger partial charge in [0.1, 0.15) is 0 Å². The summed E-state index contributed by atoms with van der Waals surface area (Å²) in [6.45, 7) is 4.03. The number of hydrogen-bond donors (Lipinski definition) is 1. The summed E-state index contributed by atoms with van der Waals surface area (Å²) in [5, 5.41) is 6.90. The van der Waals surface area contributed by atoms with Gasteiger partial charge in [-0.1, -0.05) is 6.92 Å². The van der Waals surface area contributed by atoms with Gasteiger partial charge in [-0.2, -0.15) is 0 Å². The molecule has 0 bridgehead atoms. The molecule has 3 rings (SSSR count). The van der Waals surface area contributed by atoms with Crippen LogP contribution in [0.2, 0.25) is 0 Å². The molecule has 18 heavy (non-hydrogen) atoms. The second-order valence-corrected chi connectivity index (χ2v) is 6.87. The topological polar surface area (TPSA) is 24.9 Å². The first-order valence-corrected chi connectivity index (χ1v) is 8.29. The average molecular weight is 278 g/mol. The van der Waals surface area contributed by atoms with Crippen LogP contribution in [-0.4, -0.2) is 4.98 Å². The number of nitrogens with one attached hydrogen (secondary N) is 1. The van der Waals surface area contributed by atoms with Gasteiger partial charge in [0.15, 0.2) is 0 Å². The highest BCUT2D eigenvalue weighted by atomic mass is 32.1. The fourth-order valence-corrected chi connectivity index (χ4v) is 4.36. The third-order valence-corrected chi connectivity index (χ3v) is 5.58. The van der Waals surface area contributed by atoms with E-state index >= 15 is 0 Å². The molecule has 2 heterocycles. The van der Waals surface area contributed by atoms with Crippen molar-refractivity contribution in [3.63, 3.8) is 0 Å². The summed E-state index contributed by atoms with van der Waals surface area (Å²) in [4.78, 5) is 7.67. The second-order valence-electron chi connectivity index (χ2n) is 4.70. The van der Waals surface area contributed by atoms with Crippen LogP contribution in [0.1, 0.15) is 39.4 Å². The van der Waals surface area contributed by atoms with E-state index in [4.69, 9.17) is 0 Å². The molecule has 2 aromatic heterocycles. The van der Waals surface area contributed by atoms with Crippen molar-refractivity contribution in [1.29, 1.82) is 0 Å². The van der Waals surface area contributed by atoms with Crippen molar-refractivity contribution in [2.75, 3.05) is 0 Å². The minimum Gasteiger partial charge on any atom is -0.306 e. The number of aryl methyl sites for hydroxylation is 3. The highest BCUT2D eigenvalue weighted by Gasteiger charge is 2.14. The van der Waals surface area contributed by atoms with E-state index in [1.807, 2.05) is 11.3 Å². The lowest BCUT2D eigenvalue weighted by Crippen LogP contribution is -2.12. The summed E-state index contributed by atoms with van der Waals surface area (Å²) in [5.41, 5.74) is 2.78. The third-order valence-electron chi connectivity index (χ3n) is 3.30. The van der Waals surface area contributed by atoms with Crippen LogP contribution < -0.4 is 5.32 Å². The highest BCUT2D eigenvalue weighted by Crippen LogP contribution is 2.30. The number of rotatable bonds is 5. The van der Waals surface area contributed by atoms with Gasteiger partial charge < -0.3 is 5.32 Å². The molecule has 0 spiro atoms. The van der Waals surface area contributed by atoms with Gasteiger partial charge in [0.25, 0.3) is 0 Å². The molecular weight excluding hydrogens is 260 g/mol. The van der Waals surface area contributed by atoms with Crippen molar-refractivity contribution in [1.82, 2.24) is 10.3 Å². The van der Waals surface area contributed by atoms with Crippen LogP contribution in [0.4, 0.5) is 0 Å². The summed E-state index contributed by atoms with van der Waals surface area (Å²) in [7, 11) is 0. The van der Waals surface area contributed by atoms with Gasteiger partial charge in [0.2, 0.25) is 0 Å². The first-order chi connectivity index (χ1) is 8.85. The minimum atomic E-state index is 0.888. The quantitative estimate of drug-likeness (QED) is 0.905. The van der Waals surface area contributed by atoms with Gasteiger partial charge >= 0.3 is 0 Å².